The third-order valence-corrected chi connectivity index (χ3v) is 5.85. The van der Waals surface area contributed by atoms with Gasteiger partial charge in [0.05, 0.1) is 11.4 Å². The molecule has 1 radical (unpaired) electrons. The molecule has 1 fully saturated rings. The highest BCUT2D eigenvalue weighted by molar-refractivity contribution is 6.39. The van der Waals surface area contributed by atoms with Crippen molar-refractivity contribution in [1.29, 1.82) is 0 Å². The van der Waals surface area contributed by atoms with Gasteiger partial charge in [0.2, 0.25) is 0 Å². The molecule has 2 aromatic rings. The number of urea groups is 1. The van der Waals surface area contributed by atoms with Crippen molar-refractivity contribution >= 4 is 63.8 Å². The lowest BCUT2D eigenvalue weighted by Gasteiger charge is -2.37. The van der Waals surface area contributed by atoms with Crippen molar-refractivity contribution in [1.82, 2.24) is 10.3 Å². The van der Waals surface area contributed by atoms with Gasteiger partial charge in [-0.2, -0.15) is 5.32 Å². The Morgan fingerprint density at radius 3 is 2.23 bits per heavy atom. The van der Waals surface area contributed by atoms with Crippen LogP contribution in [0.4, 0.5) is 16.2 Å². The number of carbonyl (C=O) groups excluding carboxylic acids is 1. The molecule has 2 aliphatic rings. The van der Waals surface area contributed by atoms with Crippen LogP contribution in [0.15, 0.2) is 30.3 Å². The number of rotatable bonds is 2. The monoisotopic (exact) mass is 428 g/mol. The molecule has 0 atom stereocenters. The smallest absolute Gasteiger partial charge is 0.244 e. The maximum absolute atomic E-state index is 12.4. The maximum atomic E-state index is 12.4. The zero-order chi connectivity index (χ0) is 18.4. The number of hydrazine groups is 1. The van der Waals surface area contributed by atoms with E-state index in [1.54, 1.807) is 35.3 Å². The Labute approximate surface area is 171 Å². The Morgan fingerprint density at radius 1 is 0.923 bits per heavy atom. The van der Waals surface area contributed by atoms with Crippen molar-refractivity contribution in [3.63, 3.8) is 0 Å². The molecule has 2 aliphatic heterocycles. The van der Waals surface area contributed by atoms with E-state index in [4.69, 9.17) is 46.4 Å². The predicted molar refractivity (Wildman–Crippen MR) is 106 cm³/mol. The molecule has 0 N–H and O–H groups in total. The van der Waals surface area contributed by atoms with Gasteiger partial charge >= 0.3 is 6.03 Å². The molecule has 0 aliphatic carbocycles. The second-order valence-electron chi connectivity index (χ2n) is 6.35. The summed E-state index contributed by atoms with van der Waals surface area (Å²) in [6, 6.07) is 8.41. The van der Waals surface area contributed by atoms with E-state index in [0.717, 1.165) is 24.1 Å². The molecule has 0 unspecified atom stereocenters. The quantitative estimate of drug-likeness (QED) is 0.563. The van der Waals surface area contributed by atoms with E-state index in [0.29, 0.717) is 38.9 Å². The molecule has 8 heteroatoms. The molecule has 4 rings (SSSR count). The predicted octanol–water partition coefficient (Wildman–Crippen LogP) is 6.27. The lowest BCUT2D eigenvalue weighted by Crippen LogP contribution is -2.49. The molecule has 0 bridgehead atoms. The van der Waals surface area contributed by atoms with Crippen LogP contribution in [0.1, 0.15) is 24.3 Å². The van der Waals surface area contributed by atoms with Gasteiger partial charge in [0.25, 0.3) is 0 Å². The van der Waals surface area contributed by atoms with Gasteiger partial charge in [-0.15, -0.1) is 0 Å². The molecule has 0 spiro atoms. The zero-order valence-corrected chi connectivity index (χ0v) is 16.6. The van der Waals surface area contributed by atoms with Gasteiger partial charge in [-0.05, 0) is 54.7 Å². The minimum absolute atomic E-state index is 0.219. The maximum Gasteiger partial charge on any atom is 0.363 e. The Kier molecular flexibility index (Phi) is 4.97. The van der Waals surface area contributed by atoms with Crippen LogP contribution in [0.2, 0.25) is 20.1 Å². The first-order chi connectivity index (χ1) is 12.4. The highest BCUT2D eigenvalue weighted by atomic mass is 35.5. The fourth-order valence-corrected chi connectivity index (χ4v) is 4.88. The molecule has 0 saturated carbocycles. The number of hydrogen-bond acceptors (Lipinski definition) is 2. The van der Waals surface area contributed by atoms with Crippen molar-refractivity contribution < 1.29 is 4.79 Å². The molecular formula is C18H14Cl4N3O. The topological polar surface area (TPSA) is 37.7 Å². The van der Waals surface area contributed by atoms with E-state index in [1.165, 1.54) is 0 Å². The Hall–Kier alpha value is -1.17. The number of benzene rings is 2. The van der Waals surface area contributed by atoms with Crippen LogP contribution < -0.4 is 10.3 Å². The van der Waals surface area contributed by atoms with E-state index in [2.05, 4.69) is 5.32 Å². The van der Waals surface area contributed by atoms with Crippen molar-refractivity contribution in [3.8, 4) is 0 Å². The summed E-state index contributed by atoms with van der Waals surface area (Å²) in [4.78, 5) is 12.4. The van der Waals surface area contributed by atoms with Crippen molar-refractivity contribution in [2.45, 2.75) is 18.8 Å². The van der Waals surface area contributed by atoms with Gasteiger partial charge < -0.3 is 0 Å². The summed E-state index contributed by atoms with van der Waals surface area (Å²) >= 11 is 24.8. The first-order valence-electron chi connectivity index (χ1n) is 8.18. The second-order valence-corrected chi connectivity index (χ2v) is 8.04. The minimum atomic E-state index is -0.289. The van der Waals surface area contributed by atoms with E-state index >= 15 is 0 Å². The average molecular weight is 430 g/mol. The summed E-state index contributed by atoms with van der Waals surface area (Å²) in [5.41, 5.74) is 2.30. The lowest BCUT2D eigenvalue weighted by atomic mass is 9.90. The number of anilines is 1. The van der Waals surface area contributed by atoms with E-state index < -0.39 is 0 Å². The number of hydrogen-bond donors (Lipinski definition) is 0. The van der Waals surface area contributed by atoms with Crippen LogP contribution in [-0.2, 0) is 0 Å². The average Bonchev–Trinajstić information content (AvgIpc) is 2.90. The molecule has 2 amide bonds. The molecule has 0 aromatic heterocycles. The summed E-state index contributed by atoms with van der Waals surface area (Å²) in [6.07, 6.45) is 1.64. The van der Waals surface area contributed by atoms with E-state index in [1.807, 2.05) is 5.01 Å². The number of fused-ring (bicyclic) bond motifs is 1. The molecule has 26 heavy (non-hydrogen) atoms. The standard InChI is InChI=1S/C18H14Cl4N3O/c19-11-1-2-15-16(9-11)25(18(26)23-15)24-5-3-10(4-6-24)17-13(21)7-12(20)8-14(17)22/h1-2,7-10H,3-6H2. The summed E-state index contributed by atoms with van der Waals surface area (Å²) in [5, 5.41) is 9.99. The fourth-order valence-electron chi connectivity index (χ4n) is 3.59. The summed E-state index contributed by atoms with van der Waals surface area (Å²) in [6.45, 7) is 1.38. The Bertz CT molecular complexity index is 858. The van der Waals surface area contributed by atoms with Gasteiger partial charge in [0, 0.05) is 33.2 Å². The third-order valence-electron chi connectivity index (χ3n) is 4.77. The molecule has 4 nitrogen and oxygen atoms in total. The SMILES string of the molecule is O=C1[N]c2ccc(Cl)cc2N1N1CCC(c2c(Cl)cc(Cl)cc2Cl)CC1. The first-order valence-corrected chi connectivity index (χ1v) is 9.70. The number of carbonyl (C=O) groups is 1. The van der Waals surface area contributed by atoms with Crippen LogP contribution in [-0.4, -0.2) is 24.1 Å². The minimum Gasteiger partial charge on any atom is -0.244 e. The highest BCUT2D eigenvalue weighted by Gasteiger charge is 2.36. The summed E-state index contributed by atoms with van der Waals surface area (Å²) in [7, 11) is 0. The van der Waals surface area contributed by atoms with Gasteiger partial charge in [-0.25, -0.2) is 14.8 Å². The highest BCUT2D eigenvalue weighted by Crippen LogP contribution is 2.41. The Morgan fingerprint density at radius 2 is 1.58 bits per heavy atom. The fraction of sp³-hybridized carbons (Fsp3) is 0.278. The Balaban J connectivity index is 1.53. The largest absolute Gasteiger partial charge is 0.363 e. The summed E-state index contributed by atoms with van der Waals surface area (Å²) < 4.78 is 0. The molecule has 135 valence electrons. The van der Waals surface area contributed by atoms with Crippen LogP contribution in [0, 0.1) is 0 Å². The number of amides is 2. The lowest BCUT2D eigenvalue weighted by molar-refractivity contribution is 0.188. The van der Waals surface area contributed by atoms with Crippen molar-refractivity contribution in [2.75, 3.05) is 18.1 Å². The van der Waals surface area contributed by atoms with Gasteiger partial charge in [-0.1, -0.05) is 46.4 Å². The van der Waals surface area contributed by atoms with Crippen LogP contribution >= 0.6 is 46.4 Å². The van der Waals surface area contributed by atoms with E-state index in [-0.39, 0.29) is 11.9 Å². The number of halogens is 4. The third kappa shape index (κ3) is 3.25. The zero-order valence-electron chi connectivity index (χ0n) is 13.6. The molecule has 2 heterocycles. The van der Waals surface area contributed by atoms with Gasteiger partial charge in [0.15, 0.2) is 0 Å². The first kappa shape index (κ1) is 18.2. The van der Waals surface area contributed by atoms with Crippen LogP contribution in [0.5, 0.6) is 0 Å². The normalized spacial score (nSPS) is 18.2. The van der Waals surface area contributed by atoms with E-state index in [9.17, 15) is 4.79 Å². The number of nitrogens with zero attached hydrogens (tertiary/aromatic N) is 3. The van der Waals surface area contributed by atoms with Crippen molar-refractivity contribution in [2.24, 2.45) is 0 Å². The molecule has 1 saturated heterocycles. The molecule has 2 aromatic carbocycles. The van der Waals surface area contributed by atoms with Crippen LogP contribution in [0.3, 0.4) is 0 Å². The second kappa shape index (κ2) is 7.10. The number of piperidine rings is 1. The van der Waals surface area contributed by atoms with Crippen molar-refractivity contribution in [3.05, 3.63) is 56.0 Å². The van der Waals surface area contributed by atoms with Gasteiger partial charge in [0.1, 0.15) is 0 Å². The summed E-state index contributed by atoms with van der Waals surface area (Å²) in [5.74, 6) is 0.219. The van der Waals surface area contributed by atoms with Crippen LogP contribution in [0.25, 0.3) is 0 Å². The van der Waals surface area contributed by atoms with Gasteiger partial charge in [-0.3, -0.25) is 0 Å². The molecular weight excluding hydrogens is 416 g/mol.